The van der Waals surface area contributed by atoms with Crippen LogP contribution in [-0.2, 0) is 9.53 Å². The van der Waals surface area contributed by atoms with Gasteiger partial charge >= 0.3 is 5.97 Å². The van der Waals surface area contributed by atoms with Gasteiger partial charge in [0.1, 0.15) is 11.6 Å². The van der Waals surface area contributed by atoms with Crippen LogP contribution in [0.25, 0.3) is 0 Å². The molecule has 0 aromatic heterocycles. The van der Waals surface area contributed by atoms with Crippen molar-refractivity contribution >= 4 is 17.6 Å². The van der Waals surface area contributed by atoms with Crippen molar-refractivity contribution in [3.63, 3.8) is 0 Å². The monoisotopic (exact) mass is 337 g/mol. The average molecular weight is 337 g/mol. The average Bonchev–Trinajstić information content (AvgIpc) is 3.01. The molecule has 1 saturated carbocycles. The van der Waals surface area contributed by atoms with Gasteiger partial charge in [-0.2, -0.15) is 0 Å². The van der Waals surface area contributed by atoms with Crippen molar-refractivity contribution in [2.75, 3.05) is 12.4 Å². The second-order valence-corrected chi connectivity index (χ2v) is 6.86. The highest BCUT2D eigenvalue weighted by Crippen LogP contribution is 2.59. The molecule has 2 rings (SSSR count). The summed E-state index contributed by atoms with van der Waals surface area (Å²) in [6.07, 6.45) is 2.02. The Labute approximate surface area is 139 Å². The maximum absolute atomic E-state index is 13.9. The zero-order valence-electron chi connectivity index (χ0n) is 14.4. The lowest BCUT2D eigenvalue weighted by Crippen LogP contribution is -2.18. The molecule has 1 aromatic rings. The van der Waals surface area contributed by atoms with Gasteiger partial charge in [0.15, 0.2) is 0 Å². The molecule has 1 aliphatic rings. The quantitative estimate of drug-likeness (QED) is 0.669. The predicted molar refractivity (Wildman–Crippen MR) is 86.5 cm³/mol. The van der Waals surface area contributed by atoms with Gasteiger partial charge < -0.3 is 10.1 Å². The number of hydrogen-bond donors (Lipinski definition) is 1. The van der Waals surface area contributed by atoms with Crippen LogP contribution in [0.1, 0.15) is 38.1 Å². The van der Waals surface area contributed by atoms with E-state index in [1.165, 1.54) is 0 Å². The molecule has 24 heavy (non-hydrogen) atoms. The molecule has 0 aliphatic heterocycles. The van der Waals surface area contributed by atoms with Gasteiger partial charge in [-0.1, -0.05) is 25.5 Å². The number of amides is 1. The summed E-state index contributed by atoms with van der Waals surface area (Å²) in [6, 6.07) is 1.52. The molecule has 1 N–H and O–H groups in total. The lowest BCUT2D eigenvalue weighted by atomic mass is 10.1. The number of carbonyl (C=O) groups is 2. The number of methoxy groups -OCH3 is 1. The number of ether oxygens (including phenoxy) is 1. The summed E-state index contributed by atoms with van der Waals surface area (Å²) >= 11 is 0. The molecule has 4 nitrogen and oxygen atoms in total. The van der Waals surface area contributed by atoms with Crippen molar-refractivity contribution in [3.8, 4) is 0 Å². The summed E-state index contributed by atoms with van der Waals surface area (Å²) in [5.41, 5.74) is 0.207. The molecule has 0 spiro atoms. The van der Waals surface area contributed by atoms with Crippen LogP contribution in [0.4, 0.5) is 14.5 Å². The van der Waals surface area contributed by atoms with Crippen LogP contribution in [0.5, 0.6) is 0 Å². The number of nitrogens with one attached hydrogen (secondary N) is 1. The minimum atomic E-state index is -1.04. The molecule has 0 radical (unpaired) electrons. The van der Waals surface area contributed by atoms with Crippen LogP contribution in [0.15, 0.2) is 23.8 Å². The Balaban J connectivity index is 2.24. The molecule has 0 bridgehead atoms. The Hall–Kier alpha value is -2.24. The van der Waals surface area contributed by atoms with Crippen LogP contribution >= 0.6 is 0 Å². The van der Waals surface area contributed by atoms with E-state index in [-0.39, 0.29) is 28.8 Å². The van der Waals surface area contributed by atoms with E-state index < -0.39 is 23.2 Å². The lowest BCUT2D eigenvalue weighted by molar-refractivity contribution is -0.118. The fraction of sp³-hybridized carbons (Fsp3) is 0.444. The van der Waals surface area contributed by atoms with Crippen LogP contribution in [0, 0.1) is 28.9 Å². The van der Waals surface area contributed by atoms with Gasteiger partial charge in [0.05, 0.1) is 24.3 Å². The summed E-state index contributed by atoms with van der Waals surface area (Å²) in [5, 5.41) is 2.46. The van der Waals surface area contributed by atoms with Crippen molar-refractivity contribution in [3.05, 3.63) is 41.0 Å². The smallest absolute Gasteiger partial charge is 0.340 e. The maximum Gasteiger partial charge on any atom is 0.340 e. The van der Waals surface area contributed by atoms with Crippen molar-refractivity contribution in [2.45, 2.75) is 27.7 Å². The fourth-order valence-corrected chi connectivity index (χ4v) is 2.97. The van der Waals surface area contributed by atoms with Gasteiger partial charge in [-0.05, 0) is 31.2 Å². The maximum atomic E-state index is 13.9. The van der Waals surface area contributed by atoms with E-state index in [1.807, 2.05) is 33.8 Å². The Morgan fingerprint density at radius 2 is 1.83 bits per heavy atom. The molecule has 130 valence electrons. The molecule has 2 unspecified atom stereocenters. The standard InChI is InChI=1S/C18H21F2NO3/c1-9(2)6-11-15(18(11,3)4)16(22)21-14-7-10(17(23)24-5)12(19)8-13(14)20/h6-8,11,15H,1-5H3,(H,21,22). The van der Waals surface area contributed by atoms with Crippen LogP contribution < -0.4 is 5.32 Å². The number of benzene rings is 1. The van der Waals surface area contributed by atoms with Crippen molar-refractivity contribution < 1.29 is 23.1 Å². The van der Waals surface area contributed by atoms with Gasteiger partial charge in [0.2, 0.25) is 5.91 Å². The van der Waals surface area contributed by atoms with E-state index in [1.54, 1.807) is 0 Å². The largest absolute Gasteiger partial charge is 0.465 e. The number of hydrogen-bond acceptors (Lipinski definition) is 3. The third-order valence-electron chi connectivity index (χ3n) is 4.43. The number of anilines is 1. The van der Waals surface area contributed by atoms with E-state index in [9.17, 15) is 18.4 Å². The van der Waals surface area contributed by atoms with Gasteiger partial charge in [-0.25, -0.2) is 13.6 Å². The summed E-state index contributed by atoms with van der Waals surface area (Å²) in [5.74, 6) is -3.51. The number of esters is 1. The molecule has 0 saturated heterocycles. The molecule has 1 aliphatic carbocycles. The van der Waals surface area contributed by atoms with E-state index >= 15 is 0 Å². The Kier molecular flexibility index (Phi) is 4.78. The third kappa shape index (κ3) is 3.32. The topological polar surface area (TPSA) is 55.4 Å². The molecular weight excluding hydrogens is 316 g/mol. The Morgan fingerprint density at radius 1 is 1.21 bits per heavy atom. The Bertz CT molecular complexity index is 721. The Morgan fingerprint density at radius 3 is 2.38 bits per heavy atom. The minimum absolute atomic E-state index is 0.0612. The van der Waals surface area contributed by atoms with Crippen LogP contribution in [0.2, 0.25) is 0 Å². The van der Waals surface area contributed by atoms with Crippen LogP contribution in [0.3, 0.4) is 0 Å². The molecule has 1 aromatic carbocycles. The van der Waals surface area contributed by atoms with Crippen LogP contribution in [-0.4, -0.2) is 19.0 Å². The zero-order chi connectivity index (χ0) is 18.2. The van der Waals surface area contributed by atoms with E-state index in [2.05, 4.69) is 10.1 Å². The first-order valence-corrected chi connectivity index (χ1v) is 7.62. The normalized spacial score (nSPS) is 21.0. The zero-order valence-corrected chi connectivity index (χ0v) is 14.4. The molecule has 1 amide bonds. The minimum Gasteiger partial charge on any atom is -0.465 e. The summed E-state index contributed by atoms with van der Waals surface area (Å²) < 4.78 is 32.0. The molecular formula is C18H21F2NO3. The SMILES string of the molecule is COC(=O)c1cc(NC(=O)C2C(C=C(C)C)C2(C)C)c(F)cc1F. The number of halogens is 2. The lowest BCUT2D eigenvalue weighted by Gasteiger charge is -2.10. The first kappa shape index (κ1) is 18.1. The van der Waals surface area contributed by atoms with Crippen molar-refractivity contribution in [1.29, 1.82) is 0 Å². The first-order chi connectivity index (χ1) is 11.1. The number of carbonyl (C=O) groups excluding carboxylic acids is 2. The second-order valence-electron chi connectivity index (χ2n) is 6.86. The summed E-state index contributed by atoms with van der Waals surface area (Å²) in [6.45, 7) is 7.82. The summed E-state index contributed by atoms with van der Waals surface area (Å²) in [4.78, 5) is 24.0. The predicted octanol–water partition coefficient (Wildman–Crippen LogP) is 3.93. The highest BCUT2D eigenvalue weighted by Gasteiger charge is 2.60. The van der Waals surface area contributed by atoms with Gasteiger partial charge in [0, 0.05) is 6.07 Å². The highest BCUT2D eigenvalue weighted by atomic mass is 19.1. The van der Waals surface area contributed by atoms with Gasteiger partial charge in [0.25, 0.3) is 0 Å². The fourth-order valence-electron chi connectivity index (χ4n) is 2.97. The molecule has 1 fully saturated rings. The third-order valence-corrected chi connectivity index (χ3v) is 4.43. The van der Waals surface area contributed by atoms with E-state index in [4.69, 9.17) is 0 Å². The first-order valence-electron chi connectivity index (χ1n) is 7.62. The summed E-state index contributed by atoms with van der Waals surface area (Å²) in [7, 11) is 1.10. The van der Waals surface area contributed by atoms with Crippen molar-refractivity contribution in [2.24, 2.45) is 17.3 Å². The van der Waals surface area contributed by atoms with Gasteiger partial charge in [-0.15, -0.1) is 0 Å². The number of rotatable bonds is 4. The van der Waals surface area contributed by atoms with Gasteiger partial charge in [-0.3, -0.25) is 4.79 Å². The van der Waals surface area contributed by atoms with Crippen molar-refractivity contribution in [1.82, 2.24) is 0 Å². The number of allylic oxidation sites excluding steroid dienone is 2. The molecule has 2 atom stereocenters. The molecule has 6 heteroatoms. The molecule has 0 heterocycles. The van der Waals surface area contributed by atoms with E-state index in [0.29, 0.717) is 6.07 Å². The highest BCUT2D eigenvalue weighted by molar-refractivity contribution is 5.97. The second kappa shape index (κ2) is 6.34. The van der Waals surface area contributed by atoms with E-state index in [0.717, 1.165) is 18.7 Å².